The third-order valence-electron chi connectivity index (χ3n) is 2.93. The van der Waals surface area contributed by atoms with E-state index in [1.165, 1.54) is 22.2 Å². The van der Waals surface area contributed by atoms with Crippen LogP contribution in [-0.2, 0) is 6.42 Å². The zero-order chi connectivity index (χ0) is 11.5. The SMILES string of the molecule is CNCCc1cc(C)c2cccc(C)c2n1. The standard InChI is InChI=1S/C14H18N2/c1-10-5-4-6-13-11(2)9-12(7-8-15-3)16-14(10)13/h4-6,9,15H,7-8H2,1-3H3. The molecule has 0 aliphatic heterocycles. The van der Waals surface area contributed by atoms with Crippen molar-refractivity contribution in [3.63, 3.8) is 0 Å². The van der Waals surface area contributed by atoms with E-state index in [1.807, 2.05) is 7.05 Å². The minimum Gasteiger partial charge on any atom is -0.319 e. The van der Waals surface area contributed by atoms with Gasteiger partial charge >= 0.3 is 0 Å². The Balaban J connectivity index is 2.52. The summed E-state index contributed by atoms with van der Waals surface area (Å²) in [4.78, 5) is 4.73. The first-order valence-corrected chi connectivity index (χ1v) is 5.73. The van der Waals surface area contributed by atoms with Crippen molar-refractivity contribution in [1.29, 1.82) is 0 Å². The lowest BCUT2D eigenvalue weighted by Crippen LogP contribution is -2.11. The number of aryl methyl sites for hydroxylation is 2. The molecule has 1 heterocycles. The highest BCUT2D eigenvalue weighted by molar-refractivity contribution is 5.84. The van der Waals surface area contributed by atoms with Crippen LogP contribution < -0.4 is 5.32 Å². The molecule has 0 saturated carbocycles. The van der Waals surface area contributed by atoms with E-state index in [4.69, 9.17) is 4.98 Å². The Morgan fingerprint density at radius 1 is 1.19 bits per heavy atom. The van der Waals surface area contributed by atoms with Crippen LogP contribution in [0.25, 0.3) is 10.9 Å². The molecule has 0 aliphatic rings. The summed E-state index contributed by atoms with van der Waals surface area (Å²) in [5.41, 5.74) is 4.90. The molecule has 1 aromatic heterocycles. The molecule has 1 N–H and O–H groups in total. The summed E-state index contributed by atoms with van der Waals surface area (Å²) in [6.45, 7) is 5.26. The molecule has 2 nitrogen and oxygen atoms in total. The summed E-state index contributed by atoms with van der Waals surface area (Å²) in [5.74, 6) is 0. The number of fused-ring (bicyclic) bond motifs is 1. The van der Waals surface area contributed by atoms with Gasteiger partial charge < -0.3 is 5.32 Å². The average Bonchev–Trinajstić information content (AvgIpc) is 2.28. The molecular formula is C14H18N2. The van der Waals surface area contributed by atoms with Crippen molar-refractivity contribution < 1.29 is 0 Å². The van der Waals surface area contributed by atoms with E-state index in [0.29, 0.717) is 0 Å². The van der Waals surface area contributed by atoms with Crippen molar-refractivity contribution in [3.8, 4) is 0 Å². The number of para-hydroxylation sites is 1. The maximum Gasteiger partial charge on any atom is 0.0737 e. The average molecular weight is 214 g/mol. The number of pyridine rings is 1. The molecule has 0 spiro atoms. The highest BCUT2D eigenvalue weighted by atomic mass is 14.8. The van der Waals surface area contributed by atoms with Gasteiger partial charge in [0.05, 0.1) is 5.52 Å². The van der Waals surface area contributed by atoms with Crippen LogP contribution in [0.3, 0.4) is 0 Å². The molecule has 0 amide bonds. The first kappa shape index (κ1) is 11.1. The molecular weight excluding hydrogens is 196 g/mol. The van der Waals surface area contributed by atoms with Crippen LogP contribution in [0.2, 0.25) is 0 Å². The van der Waals surface area contributed by atoms with Gasteiger partial charge in [0.2, 0.25) is 0 Å². The molecule has 2 aromatic rings. The van der Waals surface area contributed by atoms with Gasteiger partial charge in [-0.25, -0.2) is 0 Å². The second-order valence-corrected chi connectivity index (χ2v) is 4.26. The predicted molar refractivity (Wildman–Crippen MR) is 68.8 cm³/mol. The van der Waals surface area contributed by atoms with Crippen LogP contribution in [-0.4, -0.2) is 18.6 Å². The number of aromatic nitrogens is 1. The van der Waals surface area contributed by atoms with Crippen LogP contribution in [0.5, 0.6) is 0 Å². The number of rotatable bonds is 3. The number of likely N-dealkylation sites (N-methyl/N-ethyl adjacent to an activating group) is 1. The van der Waals surface area contributed by atoms with E-state index < -0.39 is 0 Å². The van der Waals surface area contributed by atoms with Gasteiger partial charge in [-0.15, -0.1) is 0 Å². The van der Waals surface area contributed by atoms with Gasteiger partial charge in [0.1, 0.15) is 0 Å². The fourth-order valence-electron chi connectivity index (χ4n) is 2.01. The Labute approximate surface area is 96.7 Å². The van der Waals surface area contributed by atoms with E-state index in [2.05, 4.69) is 43.4 Å². The third-order valence-corrected chi connectivity index (χ3v) is 2.93. The Morgan fingerprint density at radius 2 is 2.00 bits per heavy atom. The van der Waals surface area contributed by atoms with Crippen LogP contribution in [0, 0.1) is 13.8 Å². The zero-order valence-electron chi connectivity index (χ0n) is 10.2. The Bertz CT molecular complexity index is 503. The minimum atomic E-state index is 0.976. The van der Waals surface area contributed by atoms with E-state index in [1.54, 1.807) is 0 Å². The molecule has 0 saturated heterocycles. The van der Waals surface area contributed by atoms with Gasteiger partial charge in [-0.2, -0.15) is 0 Å². The largest absolute Gasteiger partial charge is 0.319 e. The molecule has 0 atom stereocenters. The zero-order valence-corrected chi connectivity index (χ0v) is 10.2. The number of nitrogens with one attached hydrogen (secondary N) is 1. The van der Waals surface area contributed by atoms with E-state index >= 15 is 0 Å². The molecule has 2 heteroatoms. The molecule has 0 bridgehead atoms. The fourth-order valence-corrected chi connectivity index (χ4v) is 2.01. The highest BCUT2D eigenvalue weighted by Gasteiger charge is 2.04. The molecule has 0 fully saturated rings. The van der Waals surface area contributed by atoms with Crippen molar-refractivity contribution >= 4 is 10.9 Å². The Hall–Kier alpha value is -1.41. The first-order valence-electron chi connectivity index (χ1n) is 5.73. The number of benzene rings is 1. The molecule has 0 aliphatic carbocycles. The third kappa shape index (κ3) is 2.07. The number of hydrogen-bond acceptors (Lipinski definition) is 2. The van der Waals surface area contributed by atoms with Gasteiger partial charge in [0.25, 0.3) is 0 Å². The van der Waals surface area contributed by atoms with Crippen LogP contribution in [0.1, 0.15) is 16.8 Å². The Morgan fingerprint density at radius 3 is 2.75 bits per heavy atom. The summed E-state index contributed by atoms with van der Waals surface area (Å²) < 4.78 is 0. The predicted octanol–water partition coefficient (Wildman–Crippen LogP) is 2.61. The quantitative estimate of drug-likeness (QED) is 0.849. The Kier molecular flexibility index (Phi) is 3.20. The first-order chi connectivity index (χ1) is 7.72. The van der Waals surface area contributed by atoms with Gasteiger partial charge in [-0.1, -0.05) is 18.2 Å². The maximum absolute atomic E-state index is 4.73. The summed E-state index contributed by atoms with van der Waals surface area (Å²) in [7, 11) is 1.97. The van der Waals surface area contributed by atoms with Crippen molar-refractivity contribution in [2.24, 2.45) is 0 Å². The normalized spacial score (nSPS) is 10.9. The molecule has 2 rings (SSSR count). The van der Waals surface area contributed by atoms with E-state index in [0.717, 1.165) is 18.5 Å². The number of hydrogen-bond donors (Lipinski definition) is 1. The van der Waals surface area contributed by atoms with Crippen molar-refractivity contribution in [2.75, 3.05) is 13.6 Å². The van der Waals surface area contributed by atoms with Gasteiger partial charge in [-0.05, 0) is 38.1 Å². The summed E-state index contributed by atoms with van der Waals surface area (Å²) in [5, 5.41) is 4.43. The summed E-state index contributed by atoms with van der Waals surface area (Å²) in [6.07, 6.45) is 0.988. The lowest BCUT2D eigenvalue weighted by Gasteiger charge is -2.08. The van der Waals surface area contributed by atoms with Crippen LogP contribution >= 0.6 is 0 Å². The minimum absolute atomic E-state index is 0.976. The molecule has 0 unspecified atom stereocenters. The monoisotopic (exact) mass is 214 g/mol. The molecule has 0 radical (unpaired) electrons. The summed E-state index contributed by atoms with van der Waals surface area (Å²) >= 11 is 0. The molecule has 84 valence electrons. The van der Waals surface area contributed by atoms with E-state index in [-0.39, 0.29) is 0 Å². The lowest BCUT2D eigenvalue weighted by atomic mass is 10.0. The van der Waals surface area contributed by atoms with Gasteiger partial charge in [0.15, 0.2) is 0 Å². The van der Waals surface area contributed by atoms with Gasteiger partial charge in [0, 0.05) is 24.0 Å². The second-order valence-electron chi connectivity index (χ2n) is 4.26. The van der Waals surface area contributed by atoms with Crippen molar-refractivity contribution in [2.45, 2.75) is 20.3 Å². The second kappa shape index (κ2) is 4.62. The molecule has 16 heavy (non-hydrogen) atoms. The highest BCUT2D eigenvalue weighted by Crippen LogP contribution is 2.20. The molecule has 1 aromatic carbocycles. The van der Waals surface area contributed by atoms with Gasteiger partial charge in [-0.3, -0.25) is 4.98 Å². The number of nitrogens with zero attached hydrogens (tertiary/aromatic N) is 1. The topological polar surface area (TPSA) is 24.9 Å². The maximum atomic E-state index is 4.73. The van der Waals surface area contributed by atoms with E-state index in [9.17, 15) is 0 Å². The van der Waals surface area contributed by atoms with Crippen LogP contribution in [0.15, 0.2) is 24.3 Å². The smallest absolute Gasteiger partial charge is 0.0737 e. The van der Waals surface area contributed by atoms with Crippen molar-refractivity contribution in [1.82, 2.24) is 10.3 Å². The van der Waals surface area contributed by atoms with Crippen LogP contribution in [0.4, 0.5) is 0 Å². The lowest BCUT2D eigenvalue weighted by molar-refractivity contribution is 0.778. The summed E-state index contributed by atoms with van der Waals surface area (Å²) in [6, 6.07) is 8.56. The van der Waals surface area contributed by atoms with Crippen molar-refractivity contribution in [3.05, 3.63) is 41.1 Å². The fraction of sp³-hybridized carbons (Fsp3) is 0.357.